The molecule has 0 atom stereocenters. The molecule has 7 nitrogen and oxygen atoms in total. The summed E-state index contributed by atoms with van der Waals surface area (Å²) in [5, 5.41) is 0. The quantitative estimate of drug-likeness (QED) is 0.268. The van der Waals surface area contributed by atoms with Gasteiger partial charge >= 0.3 is 5.97 Å². The van der Waals surface area contributed by atoms with E-state index >= 15 is 0 Å². The highest BCUT2D eigenvalue weighted by atomic mass is 16.6. The van der Waals surface area contributed by atoms with Crippen LogP contribution < -0.4 is 9.47 Å². The fraction of sp³-hybridized carbons (Fsp3) is 0.222. The first kappa shape index (κ1) is 23.0. The molecule has 4 rings (SSSR count). The Morgan fingerprint density at radius 3 is 2.18 bits per heavy atom. The largest absolute Gasteiger partial charge is 0.493 e. The maximum atomic E-state index is 12.8. The van der Waals surface area contributed by atoms with Crippen LogP contribution in [-0.4, -0.2) is 42.5 Å². The van der Waals surface area contributed by atoms with Crippen LogP contribution in [0.4, 0.5) is 0 Å². The fourth-order valence-electron chi connectivity index (χ4n) is 3.76. The molecular formula is C27H25NO6. The van der Waals surface area contributed by atoms with E-state index in [0.29, 0.717) is 29.0 Å². The van der Waals surface area contributed by atoms with Crippen LogP contribution in [0.3, 0.4) is 0 Å². The minimum absolute atomic E-state index is 0.0371. The standard InChI is InChI=1S/C27H25NO6/c1-3-32-24-13-12-19(17-28-25(29)20-9-5-6-10-21(20)26(28)30)16-22(24)27(31)34-15-14-33-23-11-7-4-8-18(23)2/h4-13,16H,3,14-15,17H2,1-2H3. The summed E-state index contributed by atoms with van der Waals surface area (Å²) in [7, 11) is 0. The van der Waals surface area contributed by atoms with E-state index in [2.05, 4.69) is 0 Å². The number of carbonyl (C=O) groups is 3. The fourth-order valence-corrected chi connectivity index (χ4v) is 3.76. The first-order valence-corrected chi connectivity index (χ1v) is 11.1. The molecule has 0 radical (unpaired) electrons. The summed E-state index contributed by atoms with van der Waals surface area (Å²) in [5.41, 5.74) is 2.60. The number of imide groups is 1. The van der Waals surface area contributed by atoms with Gasteiger partial charge < -0.3 is 14.2 Å². The van der Waals surface area contributed by atoms with Crippen molar-refractivity contribution in [1.82, 2.24) is 4.90 Å². The van der Waals surface area contributed by atoms with Crippen molar-refractivity contribution in [2.75, 3.05) is 19.8 Å². The topological polar surface area (TPSA) is 82.1 Å². The van der Waals surface area contributed by atoms with Gasteiger partial charge in [0.05, 0.1) is 24.3 Å². The van der Waals surface area contributed by atoms with Crippen LogP contribution in [0.25, 0.3) is 0 Å². The Hall–Kier alpha value is -4.13. The average molecular weight is 459 g/mol. The van der Waals surface area contributed by atoms with Crippen LogP contribution in [0.5, 0.6) is 11.5 Å². The Kier molecular flexibility index (Phi) is 6.92. The third-order valence-corrected chi connectivity index (χ3v) is 5.45. The molecule has 3 aromatic rings. The van der Waals surface area contributed by atoms with Crippen LogP contribution in [-0.2, 0) is 11.3 Å². The molecule has 1 aliphatic heterocycles. The molecular weight excluding hydrogens is 434 g/mol. The van der Waals surface area contributed by atoms with Crippen molar-refractivity contribution in [2.24, 2.45) is 0 Å². The van der Waals surface area contributed by atoms with E-state index in [9.17, 15) is 14.4 Å². The second-order valence-corrected chi connectivity index (χ2v) is 7.76. The van der Waals surface area contributed by atoms with Crippen LogP contribution in [0.2, 0.25) is 0 Å². The molecule has 0 unspecified atom stereocenters. The van der Waals surface area contributed by atoms with E-state index in [4.69, 9.17) is 14.2 Å². The third-order valence-electron chi connectivity index (χ3n) is 5.45. The Morgan fingerprint density at radius 1 is 0.824 bits per heavy atom. The highest BCUT2D eigenvalue weighted by Crippen LogP contribution is 2.27. The van der Waals surface area contributed by atoms with Crippen molar-refractivity contribution >= 4 is 17.8 Å². The predicted molar refractivity (Wildman–Crippen MR) is 125 cm³/mol. The van der Waals surface area contributed by atoms with Crippen LogP contribution in [0, 0.1) is 6.92 Å². The molecule has 0 bridgehead atoms. The van der Waals surface area contributed by atoms with E-state index in [1.54, 1.807) is 42.5 Å². The molecule has 2 amide bonds. The Morgan fingerprint density at radius 2 is 1.50 bits per heavy atom. The molecule has 0 fully saturated rings. The number of esters is 1. The Bertz CT molecular complexity index is 1200. The number of amides is 2. The number of carbonyl (C=O) groups excluding carboxylic acids is 3. The SMILES string of the molecule is CCOc1ccc(CN2C(=O)c3ccccc3C2=O)cc1C(=O)OCCOc1ccccc1C. The predicted octanol–water partition coefficient (Wildman–Crippen LogP) is 4.43. The van der Waals surface area contributed by atoms with Gasteiger partial charge in [0.2, 0.25) is 0 Å². The molecule has 3 aromatic carbocycles. The summed E-state index contributed by atoms with van der Waals surface area (Å²) in [6.45, 7) is 4.42. The monoisotopic (exact) mass is 459 g/mol. The number of hydrogen-bond acceptors (Lipinski definition) is 6. The smallest absolute Gasteiger partial charge is 0.342 e. The number of aryl methyl sites for hydroxylation is 1. The Balaban J connectivity index is 1.44. The number of hydrogen-bond donors (Lipinski definition) is 0. The summed E-state index contributed by atoms with van der Waals surface area (Å²) < 4.78 is 16.7. The molecule has 0 spiro atoms. The maximum Gasteiger partial charge on any atom is 0.342 e. The minimum Gasteiger partial charge on any atom is -0.493 e. The van der Waals surface area contributed by atoms with Gasteiger partial charge in [-0.1, -0.05) is 36.4 Å². The zero-order chi connectivity index (χ0) is 24.1. The molecule has 1 heterocycles. The summed E-state index contributed by atoms with van der Waals surface area (Å²) in [6, 6.07) is 19.3. The number of benzene rings is 3. The molecule has 1 aliphatic rings. The van der Waals surface area contributed by atoms with Crippen molar-refractivity contribution in [3.8, 4) is 11.5 Å². The lowest BCUT2D eigenvalue weighted by molar-refractivity contribution is 0.0445. The summed E-state index contributed by atoms with van der Waals surface area (Å²) in [6.07, 6.45) is 0. The summed E-state index contributed by atoms with van der Waals surface area (Å²) >= 11 is 0. The molecule has 174 valence electrons. The normalized spacial score (nSPS) is 12.5. The second-order valence-electron chi connectivity index (χ2n) is 7.76. The number of para-hydroxylation sites is 1. The van der Waals surface area contributed by atoms with Gasteiger partial charge in [0.15, 0.2) is 0 Å². The molecule has 0 aliphatic carbocycles. The highest BCUT2D eigenvalue weighted by Gasteiger charge is 2.35. The van der Waals surface area contributed by atoms with Gasteiger partial charge in [-0.25, -0.2) is 4.79 Å². The average Bonchev–Trinajstić information content (AvgIpc) is 3.08. The molecule has 7 heteroatoms. The number of ether oxygens (including phenoxy) is 3. The van der Waals surface area contributed by atoms with E-state index in [1.807, 2.05) is 38.1 Å². The number of nitrogens with zero attached hydrogens (tertiary/aromatic N) is 1. The molecule has 0 aromatic heterocycles. The first-order valence-electron chi connectivity index (χ1n) is 11.1. The van der Waals surface area contributed by atoms with Gasteiger partial charge in [-0.3, -0.25) is 14.5 Å². The van der Waals surface area contributed by atoms with Gasteiger partial charge in [0.1, 0.15) is 30.3 Å². The summed E-state index contributed by atoms with van der Waals surface area (Å²) in [4.78, 5) is 39.4. The van der Waals surface area contributed by atoms with Crippen molar-refractivity contribution in [3.63, 3.8) is 0 Å². The van der Waals surface area contributed by atoms with Crippen LogP contribution >= 0.6 is 0 Å². The molecule has 34 heavy (non-hydrogen) atoms. The van der Waals surface area contributed by atoms with E-state index in [1.165, 1.54) is 4.90 Å². The Labute approximate surface area is 197 Å². The molecule has 0 N–H and O–H groups in total. The van der Waals surface area contributed by atoms with E-state index < -0.39 is 5.97 Å². The highest BCUT2D eigenvalue weighted by molar-refractivity contribution is 6.21. The second kappa shape index (κ2) is 10.2. The maximum absolute atomic E-state index is 12.8. The van der Waals surface area contributed by atoms with Gasteiger partial charge in [-0.2, -0.15) is 0 Å². The van der Waals surface area contributed by atoms with Gasteiger partial charge in [0, 0.05) is 0 Å². The molecule has 0 saturated heterocycles. The first-order chi connectivity index (χ1) is 16.5. The van der Waals surface area contributed by atoms with Gasteiger partial charge in [-0.15, -0.1) is 0 Å². The molecule has 0 saturated carbocycles. The van der Waals surface area contributed by atoms with Crippen molar-refractivity contribution in [3.05, 3.63) is 94.5 Å². The van der Waals surface area contributed by atoms with Gasteiger partial charge in [0.25, 0.3) is 11.8 Å². The van der Waals surface area contributed by atoms with Crippen molar-refractivity contribution in [1.29, 1.82) is 0 Å². The minimum atomic E-state index is -0.568. The lowest BCUT2D eigenvalue weighted by Gasteiger charge is -2.16. The third kappa shape index (κ3) is 4.78. The van der Waals surface area contributed by atoms with Gasteiger partial charge in [-0.05, 0) is 55.3 Å². The van der Waals surface area contributed by atoms with Crippen LogP contribution in [0.15, 0.2) is 66.7 Å². The lowest BCUT2D eigenvalue weighted by Crippen LogP contribution is -2.29. The number of rotatable bonds is 9. The van der Waals surface area contributed by atoms with E-state index in [-0.39, 0.29) is 37.1 Å². The summed E-state index contributed by atoms with van der Waals surface area (Å²) in [5.74, 6) is -0.171. The lowest BCUT2D eigenvalue weighted by atomic mass is 10.1. The zero-order valence-corrected chi connectivity index (χ0v) is 19.1. The van der Waals surface area contributed by atoms with Crippen LogP contribution in [0.1, 0.15) is 49.1 Å². The van der Waals surface area contributed by atoms with Crippen molar-refractivity contribution in [2.45, 2.75) is 20.4 Å². The van der Waals surface area contributed by atoms with Crippen molar-refractivity contribution < 1.29 is 28.6 Å². The van der Waals surface area contributed by atoms with E-state index in [0.717, 1.165) is 11.3 Å². The zero-order valence-electron chi connectivity index (χ0n) is 19.1. The number of fused-ring (bicyclic) bond motifs is 1.